The van der Waals surface area contributed by atoms with E-state index in [9.17, 15) is 18.7 Å². The molecule has 2 aromatic rings. The maximum atomic E-state index is 13.3. The molecule has 0 bridgehead atoms. The molecule has 1 aromatic carbocycles. The first kappa shape index (κ1) is 17.5. The number of aromatic amines is 1. The second kappa shape index (κ2) is 7.28. The van der Waals surface area contributed by atoms with Gasteiger partial charge in [-0.3, -0.25) is 4.79 Å². The molecule has 0 saturated carbocycles. The number of H-pyrrole nitrogens is 1. The summed E-state index contributed by atoms with van der Waals surface area (Å²) in [6, 6.07) is 3.55. The number of likely N-dealkylation sites (tertiary alicyclic amines) is 1. The molecule has 1 aromatic heterocycles. The number of amides is 1. The molecule has 134 valence electrons. The molecule has 6 nitrogen and oxygen atoms in total. The van der Waals surface area contributed by atoms with E-state index >= 15 is 0 Å². The standard InChI is InChI=1S/C17H20F2N4O2/c18-13-3-2-12(8-14(13)19)10-23-7-1-4-17(25,16(23)24)11-20-9-15-21-5-6-22-15/h2-3,5-6,8,20,25H,1,4,7,9-11H2,(H,21,22)/t17-/m0/s1. The minimum Gasteiger partial charge on any atom is -0.379 e. The first-order chi connectivity index (χ1) is 12.0. The van der Waals surface area contributed by atoms with Crippen LogP contribution in [-0.2, 0) is 17.9 Å². The molecule has 1 fully saturated rings. The lowest BCUT2D eigenvalue weighted by Crippen LogP contribution is -2.57. The molecule has 3 rings (SSSR count). The monoisotopic (exact) mass is 350 g/mol. The maximum Gasteiger partial charge on any atom is 0.256 e. The van der Waals surface area contributed by atoms with E-state index in [1.54, 1.807) is 12.4 Å². The lowest BCUT2D eigenvalue weighted by atomic mass is 9.91. The Balaban J connectivity index is 1.61. The zero-order valence-electron chi connectivity index (χ0n) is 13.6. The number of benzene rings is 1. The highest BCUT2D eigenvalue weighted by atomic mass is 19.2. The van der Waals surface area contributed by atoms with Gasteiger partial charge in [0.25, 0.3) is 5.91 Å². The number of nitrogens with one attached hydrogen (secondary N) is 2. The number of nitrogens with zero attached hydrogens (tertiary/aromatic N) is 2. The van der Waals surface area contributed by atoms with E-state index in [1.165, 1.54) is 11.0 Å². The summed E-state index contributed by atoms with van der Waals surface area (Å²) >= 11 is 0. The van der Waals surface area contributed by atoms with Gasteiger partial charge < -0.3 is 20.3 Å². The van der Waals surface area contributed by atoms with Gasteiger partial charge in [-0.25, -0.2) is 13.8 Å². The van der Waals surface area contributed by atoms with E-state index in [0.717, 1.165) is 12.1 Å². The summed E-state index contributed by atoms with van der Waals surface area (Å²) in [7, 11) is 0. The molecule has 3 N–H and O–H groups in total. The van der Waals surface area contributed by atoms with Crippen molar-refractivity contribution in [1.29, 1.82) is 0 Å². The SMILES string of the molecule is O=C1N(Cc2ccc(F)c(F)c2)CCC[C@]1(O)CNCc1ncc[nH]1. The molecule has 0 aliphatic carbocycles. The third-order valence-electron chi connectivity index (χ3n) is 4.33. The van der Waals surface area contributed by atoms with Crippen LogP contribution < -0.4 is 5.32 Å². The highest BCUT2D eigenvalue weighted by Gasteiger charge is 2.41. The molecule has 1 amide bonds. The van der Waals surface area contributed by atoms with E-state index in [-0.39, 0.29) is 13.1 Å². The number of hydrogen-bond donors (Lipinski definition) is 3. The molecule has 1 atom stereocenters. The number of imidazole rings is 1. The Morgan fingerprint density at radius 2 is 2.20 bits per heavy atom. The minimum absolute atomic E-state index is 0.0980. The normalized spacial score (nSPS) is 20.9. The molecule has 2 heterocycles. The topological polar surface area (TPSA) is 81.2 Å². The summed E-state index contributed by atoms with van der Waals surface area (Å²) in [4.78, 5) is 21.1. The Morgan fingerprint density at radius 3 is 2.92 bits per heavy atom. The molecule has 25 heavy (non-hydrogen) atoms. The lowest BCUT2D eigenvalue weighted by Gasteiger charge is -2.38. The summed E-state index contributed by atoms with van der Waals surface area (Å²) in [5.74, 6) is -1.56. The molecule has 1 aliphatic heterocycles. The second-order valence-corrected chi connectivity index (χ2v) is 6.25. The lowest BCUT2D eigenvalue weighted by molar-refractivity contribution is -0.157. The third kappa shape index (κ3) is 4.02. The third-order valence-corrected chi connectivity index (χ3v) is 4.33. The molecule has 1 aliphatic rings. The molecule has 8 heteroatoms. The van der Waals surface area contributed by atoms with Crippen LogP contribution in [0.1, 0.15) is 24.2 Å². The predicted octanol–water partition coefficient (Wildman–Crippen LogP) is 1.33. The molecule has 0 unspecified atom stereocenters. The van der Waals surface area contributed by atoms with Gasteiger partial charge in [-0.1, -0.05) is 6.07 Å². The van der Waals surface area contributed by atoms with E-state index in [1.807, 2.05) is 0 Å². The van der Waals surface area contributed by atoms with E-state index in [0.29, 0.717) is 37.3 Å². The van der Waals surface area contributed by atoms with Crippen LogP contribution in [0.2, 0.25) is 0 Å². The largest absolute Gasteiger partial charge is 0.379 e. The van der Waals surface area contributed by atoms with Crippen molar-refractivity contribution in [2.75, 3.05) is 13.1 Å². The fourth-order valence-electron chi connectivity index (χ4n) is 3.02. The summed E-state index contributed by atoms with van der Waals surface area (Å²) < 4.78 is 26.4. The number of carbonyl (C=O) groups is 1. The Kier molecular flexibility index (Phi) is 5.10. The maximum absolute atomic E-state index is 13.3. The molecular formula is C17H20F2N4O2. The van der Waals surface area contributed by atoms with Crippen molar-refractivity contribution in [1.82, 2.24) is 20.2 Å². The fraction of sp³-hybridized carbons (Fsp3) is 0.412. The van der Waals surface area contributed by atoms with Crippen LogP contribution in [0, 0.1) is 11.6 Å². The summed E-state index contributed by atoms with van der Waals surface area (Å²) in [5.41, 5.74) is -1.02. The number of hydrogen-bond acceptors (Lipinski definition) is 4. The first-order valence-electron chi connectivity index (χ1n) is 8.12. The number of aromatic nitrogens is 2. The van der Waals surface area contributed by atoms with Crippen LogP contribution >= 0.6 is 0 Å². The van der Waals surface area contributed by atoms with Crippen molar-refractivity contribution in [3.05, 3.63) is 53.6 Å². The highest BCUT2D eigenvalue weighted by Crippen LogP contribution is 2.24. The van der Waals surface area contributed by atoms with Gasteiger partial charge in [0.1, 0.15) is 5.82 Å². The van der Waals surface area contributed by atoms with Gasteiger partial charge in [-0.2, -0.15) is 0 Å². The number of halogens is 2. The molecule has 1 saturated heterocycles. The Bertz CT molecular complexity index is 738. The zero-order valence-corrected chi connectivity index (χ0v) is 13.6. The predicted molar refractivity (Wildman–Crippen MR) is 86.3 cm³/mol. The molecular weight excluding hydrogens is 330 g/mol. The number of carbonyl (C=O) groups excluding carboxylic acids is 1. The van der Waals surface area contributed by atoms with E-state index in [2.05, 4.69) is 15.3 Å². The second-order valence-electron chi connectivity index (χ2n) is 6.25. The van der Waals surface area contributed by atoms with Crippen LogP contribution in [0.15, 0.2) is 30.6 Å². The van der Waals surface area contributed by atoms with Crippen molar-refractivity contribution in [2.24, 2.45) is 0 Å². The van der Waals surface area contributed by atoms with Crippen molar-refractivity contribution in [3.8, 4) is 0 Å². The highest BCUT2D eigenvalue weighted by molar-refractivity contribution is 5.86. The van der Waals surface area contributed by atoms with Crippen molar-refractivity contribution >= 4 is 5.91 Å². The van der Waals surface area contributed by atoms with Gasteiger partial charge in [0, 0.05) is 32.0 Å². The Hall–Kier alpha value is -2.32. The quantitative estimate of drug-likeness (QED) is 0.734. The first-order valence-corrected chi connectivity index (χ1v) is 8.12. The average Bonchev–Trinajstić information content (AvgIpc) is 3.09. The van der Waals surface area contributed by atoms with Crippen LogP contribution in [0.3, 0.4) is 0 Å². The van der Waals surface area contributed by atoms with Crippen molar-refractivity contribution < 1.29 is 18.7 Å². The van der Waals surface area contributed by atoms with E-state index in [4.69, 9.17) is 0 Å². The van der Waals surface area contributed by atoms with Gasteiger partial charge >= 0.3 is 0 Å². The smallest absolute Gasteiger partial charge is 0.256 e. The minimum atomic E-state index is -1.51. The Labute approximate surface area is 143 Å². The molecule has 0 spiro atoms. The van der Waals surface area contributed by atoms with Gasteiger partial charge in [0.15, 0.2) is 17.2 Å². The van der Waals surface area contributed by atoms with Crippen LogP contribution in [-0.4, -0.2) is 44.6 Å². The summed E-state index contributed by atoms with van der Waals surface area (Å²) in [5, 5.41) is 13.7. The van der Waals surface area contributed by atoms with E-state index < -0.39 is 23.1 Å². The van der Waals surface area contributed by atoms with Crippen LogP contribution in [0.5, 0.6) is 0 Å². The fourth-order valence-corrected chi connectivity index (χ4v) is 3.02. The van der Waals surface area contributed by atoms with Crippen molar-refractivity contribution in [3.63, 3.8) is 0 Å². The van der Waals surface area contributed by atoms with Gasteiger partial charge in [-0.05, 0) is 30.5 Å². The zero-order chi connectivity index (χ0) is 17.9. The number of aliphatic hydroxyl groups is 1. The van der Waals surface area contributed by atoms with Crippen molar-refractivity contribution in [2.45, 2.75) is 31.5 Å². The van der Waals surface area contributed by atoms with Crippen LogP contribution in [0.25, 0.3) is 0 Å². The average molecular weight is 350 g/mol. The number of piperidine rings is 1. The summed E-state index contributed by atoms with van der Waals surface area (Å²) in [6.45, 7) is 1.11. The van der Waals surface area contributed by atoms with Gasteiger partial charge in [0.05, 0.1) is 6.54 Å². The van der Waals surface area contributed by atoms with Gasteiger partial charge in [0.2, 0.25) is 0 Å². The van der Waals surface area contributed by atoms with Crippen LogP contribution in [0.4, 0.5) is 8.78 Å². The van der Waals surface area contributed by atoms with Gasteiger partial charge in [-0.15, -0.1) is 0 Å². The number of rotatable bonds is 6. The Morgan fingerprint density at radius 1 is 1.36 bits per heavy atom. The summed E-state index contributed by atoms with van der Waals surface area (Å²) in [6.07, 6.45) is 4.31. The molecule has 0 radical (unpaired) electrons.